The first-order chi connectivity index (χ1) is 10.1. The van der Waals surface area contributed by atoms with Crippen LogP contribution in [0.4, 0.5) is 0 Å². The van der Waals surface area contributed by atoms with Crippen LogP contribution in [0.25, 0.3) is 22.7 Å². The number of hydrogen-bond donors (Lipinski definition) is 1. The predicted octanol–water partition coefficient (Wildman–Crippen LogP) is 2.71. The second kappa shape index (κ2) is 4.90. The molecule has 1 amide bonds. The Hall–Kier alpha value is -2.89. The maximum absolute atomic E-state index is 11.7. The molecule has 2 aromatic heterocycles. The van der Waals surface area contributed by atoms with Crippen LogP contribution in [-0.4, -0.2) is 15.9 Å². The normalized spacial score (nSPS) is 10.8. The van der Waals surface area contributed by atoms with Crippen LogP contribution in [0.5, 0.6) is 0 Å². The second-order valence-electron chi connectivity index (χ2n) is 4.67. The Morgan fingerprint density at radius 2 is 2.05 bits per heavy atom. The zero-order valence-electron chi connectivity index (χ0n) is 11.6. The lowest BCUT2D eigenvalue weighted by Gasteiger charge is -2.14. The highest BCUT2D eigenvalue weighted by atomic mass is 16.3. The molecule has 0 spiro atoms. The molecule has 0 saturated carbocycles. The van der Waals surface area contributed by atoms with Gasteiger partial charge in [0.2, 0.25) is 11.8 Å². The smallest absolute Gasteiger partial charge is 0.249 e. The van der Waals surface area contributed by atoms with E-state index in [0.29, 0.717) is 22.7 Å². The Kier molecular flexibility index (Phi) is 3.06. The summed E-state index contributed by atoms with van der Waals surface area (Å²) >= 11 is 0. The SMILES string of the molecule is Cc1c(C(N)=O)cc(-c2ncco2)c(C)c1-c1cocn1. The maximum Gasteiger partial charge on any atom is 0.249 e. The molecule has 3 aromatic rings. The summed E-state index contributed by atoms with van der Waals surface area (Å²) in [6.07, 6.45) is 5.90. The van der Waals surface area contributed by atoms with Crippen molar-refractivity contribution in [2.75, 3.05) is 0 Å². The lowest BCUT2D eigenvalue weighted by molar-refractivity contribution is 0.1000. The number of amides is 1. The van der Waals surface area contributed by atoms with Crippen molar-refractivity contribution in [1.82, 2.24) is 9.97 Å². The van der Waals surface area contributed by atoms with Gasteiger partial charge in [0.05, 0.1) is 6.20 Å². The molecule has 0 fully saturated rings. The molecule has 0 radical (unpaired) electrons. The number of nitrogens with zero attached hydrogens (tertiary/aromatic N) is 2. The van der Waals surface area contributed by atoms with Crippen molar-refractivity contribution >= 4 is 5.91 Å². The van der Waals surface area contributed by atoms with Gasteiger partial charge in [-0.3, -0.25) is 4.79 Å². The van der Waals surface area contributed by atoms with Gasteiger partial charge in [-0.1, -0.05) is 0 Å². The van der Waals surface area contributed by atoms with Crippen LogP contribution in [0, 0.1) is 13.8 Å². The van der Waals surface area contributed by atoms with Crippen LogP contribution >= 0.6 is 0 Å². The highest BCUT2D eigenvalue weighted by molar-refractivity contribution is 5.98. The van der Waals surface area contributed by atoms with Crippen LogP contribution in [0.2, 0.25) is 0 Å². The molecule has 0 unspecified atom stereocenters. The summed E-state index contributed by atoms with van der Waals surface area (Å²) in [4.78, 5) is 20.0. The van der Waals surface area contributed by atoms with E-state index < -0.39 is 5.91 Å². The van der Waals surface area contributed by atoms with Crippen molar-refractivity contribution < 1.29 is 13.6 Å². The summed E-state index contributed by atoms with van der Waals surface area (Å²) in [6.45, 7) is 3.75. The summed E-state index contributed by atoms with van der Waals surface area (Å²) in [7, 11) is 0. The van der Waals surface area contributed by atoms with Crippen LogP contribution < -0.4 is 5.73 Å². The van der Waals surface area contributed by atoms with Gasteiger partial charge in [0.25, 0.3) is 0 Å². The molecule has 0 saturated heterocycles. The van der Waals surface area contributed by atoms with E-state index in [0.717, 1.165) is 16.7 Å². The van der Waals surface area contributed by atoms with Gasteiger partial charge in [-0.15, -0.1) is 0 Å². The maximum atomic E-state index is 11.7. The lowest BCUT2D eigenvalue weighted by Crippen LogP contribution is -2.14. The first-order valence-corrected chi connectivity index (χ1v) is 6.32. The molecule has 0 aliphatic carbocycles. The number of carbonyl (C=O) groups excluding carboxylic acids is 1. The number of oxazole rings is 2. The Labute approximate surface area is 120 Å². The van der Waals surface area contributed by atoms with Gasteiger partial charge in [-0.25, -0.2) is 9.97 Å². The molecule has 106 valence electrons. The van der Waals surface area contributed by atoms with Crippen molar-refractivity contribution in [3.8, 4) is 22.7 Å². The van der Waals surface area contributed by atoms with Crippen LogP contribution in [0.15, 0.2) is 40.0 Å². The zero-order valence-corrected chi connectivity index (χ0v) is 11.6. The monoisotopic (exact) mass is 283 g/mol. The van der Waals surface area contributed by atoms with Gasteiger partial charge in [-0.2, -0.15) is 0 Å². The van der Waals surface area contributed by atoms with E-state index in [4.69, 9.17) is 14.6 Å². The minimum Gasteiger partial charge on any atom is -0.451 e. The van der Waals surface area contributed by atoms with E-state index in [9.17, 15) is 4.79 Å². The first kappa shape index (κ1) is 13.1. The number of aromatic nitrogens is 2. The molecule has 2 N–H and O–H groups in total. The van der Waals surface area contributed by atoms with Crippen molar-refractivity contribution in [2.45, 2.75) is 13.8 Å². The van der Waals surface area contributed by atoms with Crippen LogP contribution in [0.3, 0.4) is 0 Å². The summed E-state index contributed by atoms with van der Waals surface area (Å²) in [5.41, 5.74) is 9.68. The molecular formula is C15H13N3O3. The fourth-order valence-electron chi connectivity index (χ4n) is 2.47. The van der Waals surface area contributed by atoms with Crippen molar-refractivity contribution in [3.05, 3.63) is 47.9 Å². The second-order valence-corrected chi connectivity index (χ2v) is 4.67. The van der Waals surface area contributed by atoms with Gasteiger partial charge < -0.3 is 14.6 Å². The number of carbonyl (C=O) groups is 1. The average Bonchev–Trinajstić information content (AvgIpc) is 3.11. The van der Waals surface area contributed by atoms with Gasteiger partial charge in [0.1, 0.15) is 18.2 Å². The molecule has 1 aromatic carbocycles. The van der Waals surface area contributed by atoms with E-state index in [-0.39, 0.29) is 0 Å². The third kappa shape index (κ3) is 2.10. The number of primary amides is 1. The Bertz CT molecular complexity index is 790. The molecular weight excluding hydrogens is 270 g/mol. The van der Waals surface area contributed by atoms with E-state index >= 15 is 0 Å². The van der Waals surface area contributed by atoms with E-state index in [2.05, 4.69) is 9.97 Å². The topological polar surface area (TPSA) is 95.2 Å². The predicted molar refractivity (Wildman–Crippen MR) is 75.4 cm³/mol. The van der Waals surface area contributed by atoms with Gasteiger partial charge >= 0.3 is 0 Å². The minimum absolute atomic E-state index is 0.409. The molecule has 21 heavy (non-hydrogen) atoms. The van der Waals surface area contributed by atoms with Crippen LogP contribution in [-0.2, 0) is 0 Å². The van der Waals surface area contributed by atoms with Gasteiger partial charge in [-0.05, 0) is 31.0 Å². The Morgan fingerprint density at radius 3 is 2.62 bits per heavy atom. The number of benzene rings is 1. The van der Waals surface area contributed by atoms with Gasteiger partial charge in [0.15, 0.2) is 6.39 Å². The Morgan fingerprint density at radius 1 is 1.24 bits per heavy atom. The molecule has 0 atom stereocenters. The van der Waals surface area contributed by atoms with E-state index in [1.54, 1.807) is 12.3 Å². The van der Waals surface area contributed by atoms with Crippen molar-refractivity contribution in [3.63, 3.8) is 0 Å². The van der Waals surface area contributed by atoms with E-state index in [1.165, 1.54) is 18.9 Å². The standard InChI is InChI=1S/C15H13N3O3/c1-8-10(14(16)19)5-11(15-17-3-4-21-15)9(2)13(8)12-6-20-7-18-12/h3-7H,1-2H3,(H2,16,19). The van der Waals surface area contributed by atoms with Gasteiger partial charge in [0, 0.05) is 16.7 Å². The fraction of sp³-hybridized carbons (Fsp3) is 0.133. The van der Waals surface area contributed by atoms with Crippen molar-refractivity contribution in [2.24, 2.45) is 5.73 Å². The third-order valence-electron chi connectivity index (χ3n) is 3.46. The molecule has 2 heterocycles. The number of rotatable bonds is 3. The zero-order chi connectivity index (χ0) is 15.0. The molecule has 6 heteroatoms. The molecule has 0 aliphatic rings. The molecule has 0 bridgehead atoms. The molecule has 6 nitrogen and oxygen atoms in total. The highest BCUT2D eigenvalue weighted by Crippen LogP contribution is 2.35. The summed E-state index contributed by atoms with van der Waals surface area (Å²) in [6, 6.07) is 1.70. The van der Waals surface area contributed by atoms with Crippen molar-refractivity contribution in [1.29, 1.82) is 0 Å². The molecule has 3 rings (SSSR count). The van der Waals surface area contributed by atoms with Crippen LogP contribution in [0.1, 0.15) is 21.5 Å². The highest BCUT2D eigenvalue weighted by Gasteiger charge is 2.20. The first-order valence-electron chi connectivity index (χ1n) is 6.32. The third-order valence-corrected chi connectivity index (χ3v) is 3.46. The average molecular weight is 283 g/mol. The fourth-order valence-corrected chi connectivity index (χ4v) is 2.47. The summed E-state index contributed by atoms with van der Waals surface area (Å²) in [5.74, 6) is -0.0789. The summed E-state index contributed by atoms with van der Waals surface area (Å²) in [5, 5.41) is 0. The molecule has 0 aliphatic heterocycles. The number of nitrogens with two attached hydrogens (primary N) is 1. The largest absolute Gasteiger partial charge is 0.451 e. The lowest BCUT2D eigenvalue weighted by atomic mass is 9.91. The summed E-state index contributed by atoms with van der Waals surface area (Å²) < 4.78 is 10.4. The quantitative estimate of drug-likeness (QED) is 0.797. The Balaban J connectivity index is 2.35. The number of hydrogen-bond acceptors (Lipinski definition) is 5. The van der Waals surface area contributed by atoms with E-state index in [1.807, 2.05) is 13.8 Å². The minimum atomic E-state index is -0.509.